The van der Waals surface area contributed by atoms with Crippen LogP contribution in [0.1, 0.15) is 0 Å². The minimum absolute atomic E-state index is 0.866. The van der Waals surface area contributed by atoms with E-state index in [2.05, 4.69) is 289 Å². The second kappa shape index (κ2) is 17.4. The number of anilines is 3. The van der Waals surface area contributed by atoms with Crippen LogP contribution in [0.15, 0.2) is 283 Å². The van der Waals surface area contributed by atoms with E-state index in [9.17, 15) is 0 Å². The Morgan fingerprint density at radius 1 is 0.293 bits per heavy atom. The van der Waals surface area contributed by atoms with Crippen LogP contribution in [0.3, 0.4) is 0 Å². The lowest BCUT2D eigenvalue weighted by Gasteiger charge is -2.30. The molecule has 0 N–H and O–H groups in total. The average molecular weight is 955 g/mol. The molecule has 3 heteroatoms. The van der Waals surface area contributed by atoms with E-state index in [0.717, 1.165) is 94.4 Å². The Kier molecular flexibility index (Phi) is 9.89. The maximum Gasteiger partial charge on any atom is 0.143 e. The highest BCUT2D eigenvalue weighted by molar-refractivity contribution is 6.20. The van der Waals surface area contributed by atoms with Crippen molar-refractivity contribution in [3.8, 4) is 50.2 Å². The molecule has 15 rings (SSSR count). The molecule has 350 valence electrons. The second-order valence-corrected chi connectivity index (χ2v) is 19.6. The van der Waals surface area contributed by atoms with Gasteiger partial charge in [-0.1, -0.05) is 206 Å². The molecule has 0 aliphatic carbocycles. The van der Waals surface area contributed by atoms with Gasteiger partial charge >= 0.3 is 0 Å². The summed E-state index contributed by atoms with van der Waals surface area (Å²) in [4.78, 5) is 2.46. The molecule has 0 aliphatic heterocycles. The fourth-order valence-electron chi connectivity index (χ4n) is 11.9. The lowest BCUT2D eigenvalue weighted by atomic mass is 9.93. The number of furan rings is 1. The van der Waals surface area contributed by atoms with E-state index in [1.165, 1.54) is 48.9 Å². The molecule has 2 heterocycles. The molecule has 0 bridgehead atoms. The van der Waals surface area contributed by atoms with E-state index in [0.29, 0.717) is 0 Å². The number of aromatic nitrogens is 1. The van der Waals surface area contributed by atoms with Crippen molar-refractivity contribution in [3.63, 3.8) is 0 Å². The van der Waals surface area contributed by atoms with Crippen molar-refractivity contribution in [2.75, 3.05) is 4.90 Å². The molecular weight excluding hydrogens is 909 g/mol. The zero-order valence-corrected chi connectivity index (χ0v) is 40.9. The van der Waals surface area contributed by atoms with Crippen LogP contribution in [-0.2, 0) is 0 Å². The molecule has 0 fully saturated rings. The number of rotatable bonds is 8. The van der Waals surface area contributed by atoms with E-state index in [1.54, 1.807) is 0 Å². The first-order chi connectivity index (χ1) is 37.2. The monoisotopic (exact) mass is 954 g/mol. The van der Waals surface area contributed by atoms with Crippen molar-refractivity contribution in [3.05, 3.63) is 279 Å². The fraction of sp³-hybridized carbons (Fsp3) is 0. The van der Waals surface area contributed by atoms with Crippen LogP contribution in [0.25, 0.3) is 126 Å². The van der Waals surface area contributed by atoms with Crippen LogP contribution in [0.5, 0.6) is 0 Å². The number of benzene rings is 13. The summed E-state index contributed by atoms with van der Waals surface area (Å²) in [6, 6.07) is 102. The van der Waals surface area contributed by atoms with Crippen molar-refractivity contribution in [1.29, 1.82) is 0 Å². The third-order valence-corrected chi connectivity index (χ3v) is 15.4. The molecule has 0 unspecified atom stereocenters. The van der Waals surface area contributed by atoms with Gasteiger partial charge < -0.3 is 13.9 Å². The highest BCUT2D eigenvalue weighted by Gasteiger charge is 2.24. The SMILES string of the molecule is c1ccc(-c2cc(-c3ccc4c(ccc5ccccc54)c3)ccc2N(c2ccc(-c3cccc(-n4c5ccccc5c5ccccc54)c3)cc2)c2ccccc2-c2cccc3oc4c5ccccc5ccc4c23)cc1. The van der Waals surface area contributed by atoms with Crippen LogP contribution in [-0.4, -0.2) is 4.57 Å². The summed E-state index contributed by atoms with van der Waals surface area (Å²) in [5.41, 5.74) is 17.6. The highest BCUT2D eigenvalue weighted by atomic mass is 16.3. The van der Waals surface area contributed by atoms with Crippen LogP contribution < -0.4 is 4.90 Å². The molecule has 0 spiro atoms. The van der Waals surface area contributed by atoms with E-state index in [-0.39, 0.29) is 0 Å². The molecule has 0 atom stereocenters. The Balaban J connectivity index is 0.920. The number of fused-ring (bicyclic) bond motifs is 11. The van der Waals surface area contributed by atoms with E-state index in [1.807, 2.05) is 0 Å². The smallest absolute Gasteiger partial charge is 0.143 e. The minimum atomic E-state index is 0.866. The summed E-state index contributed by atoms with van der Waals surface area (Å²) in [7, 11) is 0. The van der Waals surface area contributed by atoms with Crippen LogP contribution in [0.2, 0.25) is 0 Å². The van der Waals surface area contributed by atoms with Crippen molar-refractivity contribution in [2.24, 2.45) is 0 Å². The largest absolute Gasteiger partial charge is 0.455 e. The molecular formula is C72H46N2O. The highest BCUT2D eigenvalue weighted by Crippen LogP contribution is 2.49. The maximum absolute atomic E-state index is 6.79. The first-order valence-electron chi connectivity index (χ1n) is 25.7. The average Bonchev–Trinajstić information content (AvgIpc) is 4.08. The van der Waals surface area contributed by atoms with Crippen molar-refractivity contribution >= 4 is 93.1 Å². The first-order valence-corrected chi connectivity index (χ1v) is 25.7. The van der Waals surface area contributed by atoms with Gasteiger partial charge in [0.1, 0.15) is 11.2 Å². The fourth-order valence-corrected chi connectivity index (χ4v) is 11.9. The Bertz CT molecular complexity index is 4660. The van der Waals surface area contributed by atoms with Gasteiger partial charge in [0.15, 0.2) is 0 Å². The van der Waals surface area contributed by atoms with Gasteiger partial charge in [-0.25, -0.2) is 0 Å². The van der Waals surface area contributed by atoms with Gasteiger partial charge in [-0.15, -0.1) is 0 Å². The summed E-state index contributed by atoms with van der Waals surface area (Å²) in [6.07, 6.45) is 0. The van der Waals surface area contributed by atoms with Crippen LogP contribution in [0.4, 0.5) is 17.1 Å². The predicted octanol–water partition coefficient (Wildman–Crippen LogP) is 20.3. The summed E-state index contributed by atoms with van der Waals surface area (Å²) >= 11 is 0. The summed E-state index contributed by atoms with van der Waals surface area (Å²) in [5.74, 6) is 0. The number of nitrogens with zero attached hydrogens (tertiary/aromatic N) is 2. The number of para-hydroxylation sites is 3. The lowest BCUT2D eigenvalue weighted by molar-refractivity contribution is 0.673. The van der Waals surface area contributed by atoms with Crippen molar-refractivity contribution in [2.45, 2.75) is 0 Å². The zero-order valence-electron chi connectivity index (χ0n) is 40.9. The maximum atomic E-state index is 6.79. The molecule has 0 amide bonds. The topological polar surface area (TPSA) is 21.3 Å². The van der Waals surface area contributed by atoms with E-state index in [4.69, 9.17) is 4.42 Å². The van der Waals surface area contributed by atoms with Crippen LogP contribution >= 0.6 is 0 Å². The molecule has 0 saturated heterocycles. The zero-order chi connectivity index (χ0) is 49.4. The van der Waals surface area contributed by atoms with Gasteiger partial charge in [0.2, 0.25) is 0 Å². The Morgan fingerprint density at radius 3 is 1.65 bits per heavy atom. The first kappa shape index (κ1) is 42.7. The second-order valence-electron chi connectivity index (χ2n) is 19.6. The third-order valence-electron chi connectivity index (χ3n) is 15.4. The van der Waals surface area contributed by atoms with Gasteiger partial charge in [-0.05, 0) is 133 Å². The molecule has 75 heavy (non-hydrogen) atoms. The van der Waals surface area contributed by atoms with Crippen LogP contribution in [0, 0.1) is 0 Å². The van der Waals surface area contributed by atoms with Gasteiger partial charge in [-0.2, -0.15) is 0 Å². The van der Waals surface area contributed by atoms with Gasteiger partial charge in [0.25, 0.3) is 0 Å². The number of hydrogen-bond donors (Lipinski definition) is 0. The lowest BCUT2D eigenvalue weighted by Crippen LogP contribution is -2.12. The van der Waals surface area contributed by atoms with Gasteiger partial charge in [0, 0.05) is 49.4 Å². The number of hydrogen-bond acceptors (Lipinski definition) is 2. The summed E-state index contributed by atoms with van der Waals surface area (Å²) in [6.45, 7) is 0. The predicted molar refractivity (Wildman–Crippen MR) is 317 cm³/mol. The Morgan fingerprint density at radius 2 is 0.840 bits per heavy atom. The van der Waals surface area contributed by atoms with Gasteiger partial charge in [0.05, 0.1) is 22.4 Å². The van der Waals surface area contributed by atoms with Gasteiger partial charge in [-0.3, -0.25) is 0 Å². The third kappa shape index (κ3) is 7.05. The standard InChI is InChI=1S/C72H46N2O/c1-2-16-48(17-3-1)65-46-53(52-37-41-58-54(44-52)33-32-49-18-4-6-22-57(49)58)38-43-69(65)73(68-30-13-10-26-62(68)63-27-15-31-70-71(63)64-42-36-50-19-5-7-23-59(50)72(64)75-70)55-39-34-47(35-40-55)51-20-14-21-56(45-51)74-66-28-11-8-24-60(66)61-25-9-12-29-67(61)74/h1-46H. The molecule has 0 saturated carbocycles. The van der Waals surface area contributed by atoms with Crippen molar-refractivity contribution in [1.82, 2.24) is 4.57 Å². The molecule has 15 aromatic rings. The molecule has 13 aromatic carbocycles. The molecule has 2 aromatic heterocycles. The molecule has 3 nitrogen and oxygen atoms in total. The molecule has 0 aliphatic rings. The van der Waals surface area contributed by atoms with E-state index >= 15 is 0 Å². The van der Waals surface area contributed by atoms with Crippen molar-refractivity contribution < 1.29 is 4.42 Å². The minimum Gasteiger partial charge on any atom is -0.455 e. The molecule has 0 radical (unpaired) electrons. The quantitative estimate of drug-likeness (QED) is 0.142. The Labute approximate surface area is 434 Å². The normalized spacial score (nSPS) is 11.7. The Hall–Kier alpha value is -9.96. The summed E-state index contributed by atoms with van der Waals surface area (Å²) < 4.78 is 9.18. The van der Waals surface area contributed by atoms with E-state index < -0.39 is 0 Å². The summed E-state index contributed by atoms with van der Waals surface area (Å²) in [5, 5.41) is 12.0.